The summed E-state index contributed by atoms with van der Waals surface area (Å²) in [5.41, 5.74) is 2.55. The van der Waals surface area contributed by atoms with Crippen LogP contribution >= 0.6 is 0 Å². The Balaban J connectivity index is 2.09. The second-order valence-electron chi connectivity index (χ2n) is 4.16. The molecule has 0 saturated heterocycles. The first kappa shape index (κ1) is 8.70. The molecule has 1 saturated carbocycles. The van der Waals surface area contributed by atoms with Crippen molar-refractivity contribution >= 4 is 0 Å². The van der Waals surface area contributed by atoms with Gasteiger partial charge in [-0.05, 0) is 49.3 Å². The number of aryl methyl sites for hydroxylation is 1. The van der Waals surface area contributed by atoms with Crippen molar-refractivity contribution in [2.75, 3.05) is 6.61 Å². The quantitative estimate of drug-likeness (QED) is 0.762. The summed E-state index contributed by atoms with van der Waals surface area (Å²) in [6.45, 7) is 2.38. The highest BCUT2D eigenvalue weighted by Crippen LogP contribution is 2.47. The minimum absolute atomic E-state index is 0.181. The van der Waals surface area contributed by atoms with Gasteiger partial charge in [-0.15, -0.1) is 0 Å². The maximum absolute atomic E-state index is 9.16. The predicted molar refractivity (Wildman–Crippen MR) is 51.4 cm³/mol. The summed E-state index contributed by atoms with van der Waals surface area (Å²) in [6, 6.07) is 4.11. The molecule has 1 aromatic rings. The van der Waals surface area contributed by atoms with Crippen LogP contribution in [0.25, 0.3) is 0 Å². The van der Waals surface area contributed by atoms with Crippen LogP contribution in [0, 0.1) is 12.3 Å². The second kappa shape index (κ2) is 3.11. The molecule has 1 aromatic heterocycles. The Morgan fingerprint density at radius 1 is 1.54 bits per heavy atom. The summed E-state index contributed by atoms with van der Waals surface area (Å²) < 4.78 is 0. The average Bonchev–Trinajstić information content (AvgIpc) is 2.86. The molecule has 13 heavy (non-hydrogen) atoms. The van der Waals surface area contributed by atoms with Gasteiger partial charge in [-0.2, -0.15) is 0 Å². The zero-order valence-corrected chi connectivity index (χ0v) is 7.95. The number of hydrogen-bond acceptors (Lipinski definition) is 2. The van der Waals surface area contributed by atoms with Crippen LogP contribution in [-0.4, -0.2) is 16.7 Å². The van der Waals surface area contributed by atoms with Crippen LogP contribution in [0.1, 0.15) is 24.1 Å². The Labute approximate surface area is 78.6 Å². The number of pyridine rings is 1. The minimum Gasteiger partial charge on any atom is -0.396 e. The van der Waals surface area contributed by atoms with E-state index < -0.39 is 0 Å². The molecular formula is C11H15NO. The van der Waals surface area contributed by atoms with Crippen molar-refractivity contribution in [2.24, 2.45) is 5.41 Å². The van der Waals surface area contributed by atoms with E-state index in [1.165, 1.54) is 5.56 Å². The highest BCUT2D eigenvalue weighted by Gasteiger charge is 2.42. The second-order valence-corrected chi connectivity index (χ2v) is 4.16. The first-order chi connectivity index (χ1) is 6.24. The van der Waals surface area contributed by atoms with Crippen LogP contribution in [0.15, 0.2) is 18.3 Å². The van der Waals surface area contributed by atoms with Crippen molar-refractivity contribution in [1.82, 2.24) is 4.98 Å². The van der Waals surface area contributed by atoms with E-state index in [0.717, 1.165) is 25.0 Å². The van der Waals surface area contributed by atoms with Crippen molar-refractivity contribution in [3.05, 3.63) is 29.6 Å². The standard InChI is InChI=1S/C11H15NO/c1-9-2-5-12-10(6-9)7-11(8-13)3-4-11/h2,5-6,13H,3-4,7-8H2,1H3. The van der Waals surface area contributed by atoms with Gasteiger partial charge in [0, 0.05) is 18.5 Å². The Morgan fingerprint density at radius 2 is 2.31 bits per heavy atom. The zero-order valence-electron chi connectivity index (χ0n) is 7.95. The van der Waals surface area contributed by atoms with Crippen LogP contribution in [0.4, 0.5) is 0 Å². The van der Waals surface area contributed by atoms with Crippen LogP contribution < -0.4 is 0 Å². The van der Waals surface area contributed by atoms with Gasteiger partial charge < -0.3 is 5.11 Å². The molecule has 0 radical (unpaired) electrons. The number of nitrogens with zero attached hydrogens (tertiary/aromatic N) is 1. The molecule has 1 N–H and O–H groups in total. The third-order valence-corrected chi connectivity index (χ3v) is 2.82. The van der Waals surface area contributed by atoms with Crippen LogP contribution in [0.5, 0.6) is 0 Å². The number of rotatable bonds is 3. The topological polar surface area (TPSA) is 33.1 Å². The Hall–Kier alpha value is -0.890. The van der Waals surface area contributed by atoms with Gasteiger partial charge in [0.15, 0.2) is 0 Å². The molecule has 2 nitrogen and oxygen atoms in total. The van der Waals surface area contributed by atoms with Crippen molar-refractivity contribution in [3.63, 3.8) is 0 Å². The van der Waals surface area contributed by atoms with E-state index in [0.29, 0.717) is 6.61 Å². The first-order valence-electron chi connectivity index (χ1n) is 4.77. The van der Waals surface area contributed by atoms with Gasteiger partial charge in [0.25, 0.3) is 0 Å². The van der Waals surface area contributed by atoms with E-state index in [4.69, 9.17) is 5.11 Å². The molecule has 0 unspecified atom stereocenters. The van der Waals surface area contributed by atoms with Gasteiger partial charge in [0.2, 0.25) is 0 Å². The van der Waals surface area contributed by atoms with Crippen molar-refractivity contribution in [2.45, 2.75) is 26.2 Å². The van der Waals surface area contributed by atoms with E-state index in [9.17, 15) is 0 Å². The molecule has 1 aliphatic rings. The van der Waals surface area contributed by atoms with Gasteiger partial charge in [0.05, 0.1) is 0 Å². The van der Waals surface area contributed by atoms with Crippen LogP contribution in [0.2, 0.25) is 0 Å². The fourth-order valence-electron chi connectivity index (χ4n) is 1.65. The lowest BCUT2D eigenvalue weighted by Crippen LogP contribution is -2.11. The molecule has 2 rings (SSSR count). The zero-order chi connectivity index (χ0) is 9.31. The summed E-state index contributed by atoms with van der Waals surface area (Å²) in [6.07, 6.45) is 5.08. The molecule has 1 aliphatic carbocycles. The van der Waals surface area contributed by atoms with E-state index in [1.807, 2.05) is 12.3 Å². The first-order valence-corrected chi connectivity index (χ1v) is 4.77. The number of hydrogen-bond donors (Lipinski definition) is 1. The van der Waals surface area contributed by atoms with Crippen molar-refractivity contribution < 1.29 is 5.11 Å². The molecule has 1 heterocycles. The molecule has 0 amide bonds. The fourth-order valence-corrected chi connectivity index (χ4v) is 1.65. The van der Waals surface area contributed by atoms with Gasteiger partial charge in [0.1, 0.15) is 0 Å². The molecular weight excluding hydrogens is 162 g/mol. The maximum Gasteiger partial charge on any atom is 0.0491 e. The van der Waals surface area contributed by atoms with Gasteiger partial charge in [-0.1, -0.05) is 0 Å². The lowest BCUT2D eigenvalue weighted by atomic mass is 10.0. The summed E-state index contributed by atoms with van der Waals surface area (Å²) in [5.74, 6) is 0. The lowest BCUT2D eigenvalue weighted by molar-refractivity contribution is 0.210. The van der Waals surface area contributed by atoms with Gasteiger partial charge in [-0.3, -0.25) is 4.98 Å². The molecule has 0 spiro atoms. The highest BCUT2D eigenvalue weighted by molar-refractivity contribution is 5.17. The summed E-state index contributed by atoms with van der Waals surface area (Å²) in [7, 11) is 0. The number of aliphatic hydroxyl groups excluding tert-OH is 1. The third-order valence-electron chi connectivity index (χ3n) is 2.82. The van der Waals surface area contributed by atoms with E-state index >= 15 is 0 Å². The molecule has 0 aliphatic heterocycles. The minimum atomic E-state index is 0.181. The van der Waals surface area contributed by atoms with Crippen molar-refractivity contribution in [3.8, 4) is 0 Å². The molecule has 1 fully saturated rings. The predicted octanol–water partition coefficient (Wildman–Crippen LogP) is 1.71. The van der Waals surface area contributed by atoms with Gasteiger partial charge >= 0.3 is 0 Å². The normalized spacial score (nSPS) is 18.6. The molecule has 0 atom stereocenters. The van der Waals surface area contributed by atoms with Crippen LogP contribution in [-0.2, 0) is 6.42 Å². The molecule has 70 valence electrons. The Kier molecular flexibility index (Phi) is 2.08. The summed E-state index contributed by atoms with van der Waals surface area (Å²) in [5, 5.41) is 9.16. The SMILES string of the molecule is Cc1ccnc(CC2(CO)CC2)c1. The lowest BCUT2D eigenvalue weighted by Gasteiger charge is -2.10. The molecule has 0 aromatic carbocycles. The third kappa shape index (κ3) is 1.89. The highest BCUT2D eigenvalue weighted by atomic mass is 16.3. The smallest absolute Gasteiger partial charge is 0.0491 e. The fraction of sp³-hybridized carbons (Fsp3) is 0.545. The van der Waals surface area contributed by atoms with Crippen LogP contribution in [0.3, 0.4) is 0 Å². The average molecular weight is 177 g/mol. The largest absolute Gasteiger partial charge is 0.396 e. The summed E-state index contributed by atoms with van der Waals surface area (Å²) in [4.78, 5) is 4.30. The maximum atomic E-state index is 9.16. The number of aromatic nitrogens is 1. The van der Waals surface area contributed by atoms with Gasteiger partial charge in [-0.25, -0.2) is 0 Å². The Bertz CT molecular complexity index is 305. The molecule has 0 bridgehead atoms. The van der Waals surface area contributed by atoms with Crippen molar-refractivity contribution in [1.29, 1.82) is 0 Å². The summed E-state index contributed by atoms with van der Waals surface area (Å²) >= 11 is 0. The van der Waals surface area contributed by atoms with E-state index in [2.05, 4.69) is 18.0 Å². The van der Waals surface area contributed by atoms with E-state index in [1.54, 1.807) is 0 Å². The number of aliphatic hydroxyl groups is 1. The Morgan fingerprint density at radius 3 is 2.85 bits per heavy atom. The molecule has 2 heteroatoms. The van der Waals surface area contributed by atoms with E-state index in [-0.39, 0.29) is 5.41 Å². The monoisotopic (exact) mass is 177 g/mol.